The Morgan fingerprint density at radius 1 is 1.29 bits per heavy atom. The number of carbonyl (C=O) groups is 1. The first-order valence-corrected chi connectivity index (χ1v) is 6.08. The van der Waals surface area contributed by atoms with Crippen LogP contribution in [0.5, 0.6) is 0 Å². The monoisotopic (exact) mass is 267 g/mol. The van der Waals surface area contributed by atoms with Crippen LogP contribution < -0.4 is 0 Å². The smallest absolute Gasteiger partial charge is 0.320 e. The molecule has 0 aliphatic carbocycles. The molecule has 0 saturated carbocycles. The average molecular weight is 267 g/mol. The minimum Gasteiger partial charge on any atom is -0.465 e. The van der Waals surface area contributed by atoms with Gasteiger partial charge in [-0.15, -0.1) is 0 Å². The molecule has 0 saturated heterocycles. The number of hydrogen-bond acceptors (Lipinski definition) is 6. The number of carbonyl (C=O) groups excluding carboxylic acids is 1. The van der Waals surface area contributed by atoms with Gasteiger partial charge in [0, 0.05) is 0 Å². The highest BCUT2D eigenvalue weighted by molar-refractivity contribution is 7.13. The summed E-state index contributed by atoms with van der Waals surface area (Å²) < 4.78 is 6.26. The van der Waals surface area contributed by atoms with Crippen molar-refractivity contribution in [1.29, 1.82) is 0 Å². The van der Waals surface area contributed by atoms with Gasteiger partial charge in [0.15, 0.2) is 0 Å². The summed E-state index contributed by atoms with van der Waals surface area (Å²) in [5.41, 5.74) is -1.23. The topological polar surface area (TPSA) is 90.2 Å². The lowest BCUT2D eigenvalue weighted by Gasteiger charge is -2.36. The molecular formula is C10H22NO5P. The third kappa shape index (κ3) is 5.27. The highest BCUT2D eigenvalue weighted by Gasteiger charge is 2.34. The van der Waals surface area contributed by atoms with E-state index in [0.717, 1.165) is 12.8 Å². The second-order valence-corrected chi connectivity index (χ2v) is 4.52. The van der Waals surface area contributed by atoms with Crippen LogP contribution in [0.3, 0.4) is 0 Å². The maximum Gasteiger partial charge on any atom is 0.320 e. The van der Waals surface area contributed by atoms with E-state index in [0.29, 0.717) is 6.61 Å². The minimum atomic E-state index is -1.23. The van der Waals surface area contributed by atoms with Gasteiger partial charge >= 0.3 is 5.97 Å². The van der Waals surface area contributed by atoms with Crippen molar-refractivity contribution in [2.24, 2.45) is 0 Å². The van der Waals surface area contributed by atoms with Crippen molar-refractivity contribution in [2.45, 2.75) is 25.3 Å². The van der Waals surface area contributed by atoms with Crippen molar-refractivity contribution in [2.75, 3.05) is 33.0 Å². The van der Waals surface area contributed by atoms with Gasteiger partial charge in [0.1, 0.15) is 6.54 Å². The van der Waals surface area contributed by atoms with Gasteiger partial charge in [0.25, 0.3) is 0 Å². The lowest BCUT2D eigenvalue weighted by atomic mass is 10.0. The third-order valence-electron chi connectivity index (χ3n) is 2.55. The number of rotatable bonds is 9. The Bertz CT molecular complexity index is 214. The fraction of sp³-hybridized carbons (Fsp3) is 0.900. The van der Waals surface area contributed by atoms with Gasteiger partial charge in [-0.25, -0.2) is 0 Å². The van der Waals surface area contributed by atoms with Crippen LogP contribution >= 0.6 is 9.39 Å². The van der Waals surface area contributed by atoms with Gasteiger partial charge in [-0.05, 0) is 6.42 Å². The Labute approximate surface area is 104 Å². The summed E-state index contributed by atoms with van der Waals surface area (Å²) in [5.74, 6) is -0.451. The van der Waals surface area contributed by atoms with Crippen LogP contribution in [0.4, 0.5) is 0 Å². The number of hydrogen-bond donors (Lipinski definition) is 3. The predicted octanol–water partition coefficient (Wildman–Crippen LogP) is -0.863. The zero-order valence-electron chi connectivity index (χ0n) is 10.1. The molecule has 1 atom stereocenters. The molecule has 6 nitrogen and oxygen atoms in total. The highest BCUT2D eigenvalue weighted by atomic mass is 31.0. The fourth-order valence-corrected chi connectivity index (χ4v) is 1.50. The second-order valence-electron chi connectivity index (χ2n) is 3.90. The van der Waals surface area contributed by atoms with Gasteiger partial charge < -0.3 is 20.1 Å². The molecule has 1 unspecified atom stereocenters. The molecule has 0 aromatic rings. The van der Waals surface area contributed by atoms with E-state index in [1.54, 1.807) is 0 Å². The van der Waals surface area contributed by atoms with Crippen LogP contribution in [0.1, 0.15) is 19.8 Å². The van der Waals surface area contributed by atoms with Crippen LogP contribution in [0.25, 0.3) is 0 Å². The van der Waals surface area contributed by atoms with Crippen molar-refractivity contribution < 1.29 is 24.9 Å². The zero-order chi connectivity index (χ0) is 13.3. The van der Waals surface area contributed by atoms with Gasteiger partial charge in [0.05, 0.1) is 32.0 Å². The van der Waals surface area contributed by atoms with Crippen LogP contribution in [-0.4, -0.2) is 64.5 Å². The maximum atomic E-state index is 11.4. The molecular weight excluding hydrogens is 245 g/mol. The molecule has 0 amide bonds. The first kappa shape index (κ1) is 16.7. The Morgan fingerprint density at radius 2 is 1.82 bits per heavy atom. The first-order chi connectivity index (χ1) is 8.06. The normalized spacial score (nSPS) is 11.9. The largest absolute Gasteiger partial charge is 0.465 e. The van der Waals surface area contributed by atoms with Gasteiger partial charge in [-0.3, -0.25) is 9.46 Å². The van der Waals surface area contributed by atoms with Gasteiger partial charge in [0.2, 0.25) is 0 Å². The Balaban J connectivity index is 4.21. The Hall–Kier alpha value is -0.260. The molecule has 0 aliphatic rings. The van der Waals surface area contributed by atoms with E-state index in [1.165, 1.54) is 4.67 Å². The highest BCUT2D eigenvalue weighted by Crippen LogP contribution is 2.18. The lowest BCUT2D eigenvalue weighted by Crippen LogP contribution is -2.54. The summed E-state index contributed by atoms with van der Waals surface area (Å²) in [6, 6.07) is 0. The molecule has 0 bridgehead atoms. The van der Waals surface area contributed by atoms with E-state index in [-0.39, 0.29) is 6.54 Å². The van der Waals surface area contributed by atoms with Crippen LogP contribution in [0, 0.1) is 0 Å². The van der Waals surface area contributed by atoms with Gasteiger partial charge in [-0.1, -0.05) is 22.7 Å². The number of unbranched alkanes of at least 4 members (excludes halogenated alkanes) is 1. The summed E-state index contributed by atoms with van der Waals surface area (Å²) >= 11 is 0. The van der Waals surface area contributed by atoms with E-state index in [2.05, 4.69) is 9.39 Å². The van der Waals surface area contributed by atoms with E-state index < -0.39 is 31.3 Å². The lowest BCUT2D eigenvalue weighted by molar-refractivity contribution is -0.145. The molecule has 102 valence electrons. The first-order valence-electron chi connectivity index (χ1n) is 5.56. The van der Waals surface area contributed by atoms with Crippen LogP contribution in [-0.2, 0) is 9.53 Å². The molecule has 0 radical (unpaired) electrons. The van der Waals surface area contributed by atoms with Crippen LogP contribution in [0.15, 0.2) is 0 Å². The number of aliphatic hydroxyl groups is 3. The number of nitrogens with zero attached hydrogens (tertiary/aromatic N) is 1. The summed E-state index contributed by atoms with van der Waals surface area (Å²) in [6.07, 6.45) is 1.74. The molecule has 17 heavy (non-hydrogen) atoms. The fourth-order valence-electron chi connectivity index (χ4n) is 1.11. The quantitative estimate of drug-likeness (QED) is 0.286. The number of ether oxygens (including phenoxy) is 1. The van der Waals surface area contributed by atoms with Crippen molar-refractivity contribution in [1.82, 2.24) is 4.67 Å². The molecule has 0 fully saturated rings. The molecule has 7 heteroatoms. The van der Waals surface area contributed by atoms with E-state index in [1.807, 2.05) is 6.92 Å². The summed E-state index contributed by atoms with van der Waals surface area (Å²) in [7, 11) is 2.21. The van der Waals surface area contributed by atoms with Crippen LogP contribution in [0.2, 0.25) is 0 Å². The summed E-state index contributed by atoms with van der Waals surface area (Å²) in [4.78, 5) is 11.4. The molecule has 0 rings (SSSR count). The molecule has 0 aromatic heterocycles. The zero-order valence-corrected chi connectivity index (χ0v) is 11.3. The van der Waals surface area contributed by atoms with E-state index >= 15 is 0 Å². The third-order valence-corrected chi connectivity index (χ3v) is 3.28. The second kappa shape index (κ2) is 8.78. The Morgan fingerprint density at radius 3 is 2.24 bits per heavy atom. The summed E-state index contributed by atoms with van der Waals surface area (Å²) in [6.45, 7) is 0.877. The standard InChI is InChI=1S/C10H22NO5P/c1-2-3-4-16-9(15)5-11(17)10(6-12,7-13)8-14/h12-14H,2-8,17H2,1H3. The molecule has 3 N–H and O–H groups in total. The summed E-state index contributed by atoms with van der Waals surface area (Å²) in [5, 5.41) is 27.4. The molecule has 0 aromatic carbocycles. The molecule has 0 aliphatic heterocycles. The average Bonchev–Trinajstić information content (AvgIpc) is 2.32. The van der Waals surface area contributed by atoms with Crippen molar-refractivity contribution in [3.8, 4) is 0 Å². The molecule has 0 spiro atoms. The molecule has 0 heterocycles. The van der Waals surface area contributed by atoms with Crippen molar-refractivity contribution >= 4 is 15.4 Å². The SMILES string of the molecule is CCCCOC(=O)CN(P)C(CO)(CO)CO. The predicted molar refractivity (Wildman–Crippen MR) is 66.3 cm³/mol. The Kier molecular flexibility index (Phi) is 8.64. The van der Waals surface area contributed by atoms with Gasteiger partial charge in [-0.2, -0.15) is 0 Å². The van der Waals surface area contributed by atoms with Crippen molar-refractivity contribution in [3.63, 3.8) is 0 Å². The minimum absolute atomic E-state index is 0.115. The number of esters is 1. The maximum absolute atomic E-state index is 11.4. The van der Waals surface area contributed by atoms with Crippen molar-refractivity contribution in [3.05, 3.63) is 0 Å². The van der Waals surface area contributed by atoms with E-state index in [9.17, 15) is 4.79 Å². The van der Waals surface area contributed by atoms with E-state index in [4.69, 9.17) is 20.1 Å². The number of aliphatic hydroxyl groups excluding tert-OH is 3.